The van der Waals surface area contributed by atoms with Crippen LogP contribution in [-0.4, -0.2) is 25.5 Å². The van der Waals surface area contributed by atoms with Crippen LogP contribution in [0.15, 0.2) is 35.9 Å². The lowest BCUT2D eigenvalue weighted by Crippen LogP contribution is -2.46. The van der Waals surface area contributed by atoms with E-state index in [0.29, 0.717) is 6.54 Å². The van der Waals surface area contributed by atoms with Gasteiger partial charge in [0.1, 0.15) is 0 Å². The second-order valence-corrected chi connectivity index (χ2v) is 7.01. The number of nitrogens with one attached hydrogen (secondary N) is 2. The Hall–Kier alpha value is -1.32. The average molecular weight is 349 g/mol. The molecule has 0 radical (unpaired) electrons. The van der Waals surface area contributed by atoms with Crippen LogP contribution in [0.4, 0.5) is 0 Å². The van der Waals surface area contributed by atoms with Crippen LogP contribution in [0.2, 0.25) is 0 Å². The second-order valence-electron chi connectivity index (χ2n) is 7.01. The van der Waals surface area contributed by atoms with Gasteiger partial charge in [-0.1, -0.05) is 60.7 Å². The molecule has 1 aromatic carbocycles. The fourth-order valence-corrected chi connectivity index (χ4v) is 3.94. The molecule has 1 fully saturated rings. The lowest BCUT2D eigenvalue weighted by atomic mass is 9.68. The van der Waals surface area contributed by atoms with Gasteiger partial charge in [0.15, 0.2) is 0 Å². The van der Waals surface area contributed by atoms with Crippen molar-refractivity contribution in [1.82, 2.24) is 10.6 Å². The van der Waals surface area contributed by atoms with Crippen LogP contribution < -0.4 is 10.6 Å². The van der Waals surface area contributed by atoms with Crippen molar-refractivity contribution < 1.29 is 4.79 Å². The minimum Gasteiger partial charge on any atom is -0.352 e. The molecule has 0 bridgehead atoms. The Morgan fingerprint density at radius 3 is 2.71 bits per heavy atom. The summed E-state index contributed by atoms with van der Waals surface area (Å²) in [6, 6.07) is 8.54. The predicted molar refractivity (Wildman–Crippen MR) is 102 cm³/mol. The van der Waals surface area contributed by atoms with Gasteiger partial charge in [-0.25, -0.2) is 0 Å². The highest BCUT2D eigenvalue weighted by atomic mass is 35.5. The van der Waals surface area contributed by atoms with Crippen molar-refractivity contribution in [2.24, 2.45) is 0 Å². The van der Waals surface area contributed by atoms with Crippen molar-refractivity contribution in [3.8, 4) is 0 Å². The van der Waals surface area contributed by atoms with Gasteiger partial charge < -0.3 is 10.6 Å². The number of carbonyl (C=O) groups is 1. The first kappa shape index (κ1) is 19.0. The maximum atomic E-state index is 13.1. The zero-order valence-electron chi connectivity index (χ0n) is 14.6. The van der Waals surface area contributed by atoms with Crippen molar-refractivity contribution in [3.63, 3.8) is 0 Å². The molecule has 0 unspecified atom stereocenters. The maximum Gasteiger partial charge on any atom is 0.230 e. The molecule has 24 heavy (non-hydrogen) atoms. The van der Waals surface area contributed by atoms with Gasteiger partial charge >= 0.3 is 0 Å². The number of halogens is 1. The summed E-state index contributed by atoms with van der Waals surface area (Å²) < 4.78 is 0. The molecule has 0 atom stereocenters. The Bertz CT molecular complexity index is 591. The molecular formula is C20H29ClN2O. The summed E-state index contributed by atoms with van der Waals surface area (Å²) in [5.41, 5.74) is 3.47. The molecule has 3 rings (SSSR count). The van der Waals surface area contributed by atoms with Crippen molar-refractivity contribution in [3.05, 3.63) is 47.0 Å². The Morgan fingerprint density at radius 1 is 1.25 bits per heavy atom. The normalized spacial score (nSPS) is 19.8. The molecule has 0 spiro atoms. The van der Waals surface area contributed by atoms with E-state index in [2.05, 4.69) is 47.9 Å². The summed E-state index contributed by atoms with van der Waals surface area (Å²) in [7, 11) is 0. The summed E-state index contributed by atoms with van der Waals surface area (Å²) in [5, 5.41) is 6.56. The lowest BCUT2D eigenvalue weighted by molar-refractivity contribution is -0.127. The highest BCUT2D eigenvalue weighted by molar-refractivity contribution is 5.88. The molecule has 4 heteroatoms. The molecule has 0 saturated heterocycles. The van der Waals surface area contributed by atoms with E-state index >= 15 is 0 Å². The number of rotatable bonds is 4. The maximum absolute atomic E-state index is 13.1. The smallest absolute Gasteiger partial charge is 0.230 e. The molecule has 2 N–H and O–H groups in total. The SMILES string of the molecule is Cc1cccc(C2(C(=O)NCC3=CCNCC3)CCCCC2)c1.Cl. The zero-order chi connectivity index (χ0) is 16.1. The van der Waals surface area contributed by atoms with Crippen LogP contribution >= 0.6 is 12.4 Å². The number of benzene rings is 1. The zero-order valence-corrected chi connectivity index (χ0v) is 15.4. The van der Waals surface area contributed by atoms with E-state index in [1.54, 1.807) is 0 Å². The van der Waals surface area contributed by atoms with Gasteiger partial charge in [-0.3, -0.25) is 4.79 Å². The van der Waals surface area contributed by atoms with Crippen LogP contribution in [0.25, 0.3) is 0 Å². The molecule has 1 saturated carbocycles. The Morgan fingerprint density at radius 2 is 2.04 bits per heavy atom. The topological polar surface area (TPSA) is 41.1 Å². The van der Waals surface area contributed by atoms with E-state index in [1.165, 1.54) is 23.1 Å². The third kappa shape index (κ3) is 4.20. The van der Waals surface area contributed by atoms with E-state index in [1.807, 2.05) is 0 Å². The van der Waals surface area contributed by atoms with Crippen molar-refractivity contribution in [1.29, 1.82) is 0 Å². The highest BCUT2D eigenvalue weighted by Crippen LogP contribution is 2.40. The van der Waals surface area contributed by atoms with Crippen LogP contribution in [0.5, 0.6) is 0 Å². The van der Waals surface area contributed by atoms with Crippen LogP contribution in [0.1, 0.15) is 49.7 Å². The molecular weight excluding hydrogens is 320 g/mol. The molecule has 1 aliphatic heterocycles. The summed E-state index contributed by atoms with van der Waals surface area (Å²) in [5.74, 6) is 0.224. The molecule has 1 aliphatic carbocycles. The first-order chi connectivity index (χ1) is 11.2. The number of hydrogen-bond acceptors (Lipinski definition) is 2. The number of hydrogen-bond donors (Lipinski definition) is 2. The number of aryl methyl sites for hydroxylation is 1. The Kier molecular flexibility index (Phi) is 6.88. The number of carbonyl (C=O) groups excluding carboxylic acids is 1. The molecule has 1 amide bonds. The fraction of sp³-hybridized carbons (Fsp3) is 0.550. The summed E-state index contributed by atoms with van der Waals surface area (Å²) in [6.45, 7) is 4.75. The Balaban J connectivity index is 0.00000208. The van der Waals surface area contributed by atoms with Crippen molar-refractivity contribution >= 4 is 18.3 Å². The largest absolute Gasteiger partial charge is 0.352 e. The van der Waals surface area contributed by atoms with Gasteiger partial charge in [0, 0.05) is 13.1 Å². The molecule has 0 aromatic heterocycles. The van der Waals surface area contributed by atoms with Gasteiger partial charge in [-0.15, -0.1) is 12.4 Å². The minimum atomic E-state index is -0.322. The third-order valence-electron chi connectivity index (χ3n) is 5.35. The van der Waals surface area contributed by atoms with E-state index in [4.69, 9.17) is 0 Å². The Labute approximate surface area is 151 Å². The van der Waals surface area contributed by atoms with Crippen molar-refractivity contribution in [2.75, 3.05) is 19.6 Å². The summed E-state index contributed by atoms with van der Waals surface area (Å²) in [6.07, 6.45) is 8.74. The fourth-order valence-electron chi connectivity index (χ4n) is 3.94. The first-order valence-corrected chi connectivity index (χ1v) is 8.95. The van der Waals surface area contributed by atoms with Gasteiger partial charge in [-0.05, 0) is 38.3 Å². The predicted octanol–water partition coefficient (Wildman–Crippen LogP) is 3.65. The van der Waals surface area contributed by atoms with Gasteiger partial charge in [0.25, 0.3) is 0 Å². The highest BCUT2D eigenvalue weighted by Gasteiger charge is 2.40. The monoisotopic (exact) mass is 348 g/mol. The minimum absolute atomic E-state index is 0. The van der Waals surface area contributed by atoms with Gasteiger partial charge in [-0.2, -0.15) is 0 Å². The van der Waals surface area contributed by atoms with E-state index in [9.17, 15) is 4.79 Å². The average Bonchev–Trinajstić information content (AvgIpc) is 2.61. The third-order valence-corrected chi connectivity index (χ3v) is 5.35. The lowest BCUT2D eigenvalue weighted by Gasteiger charge is -2.36. The quantitative estimate of drug-likeness (QED) is 0.815. The first-order valence-electron chi connectivity index (χ1n) is 8.95. The van der Waals surface area contributed by atoms with Crippen molar-refractivity contribution in [2.45, 2.75) is 50.9 Å². The van der Waals surface area contributed by atoms with Crippen LogP contribution in [0.3, 0.4) is 0 Å². The molecule has 2 aliphatic rings. The van der Waals surface area contributed by atoms with Gasteiger partial charge in [0.2, 0.25) is 5.91 Å². The van der Waals surface area contributed by atoms with Gasteiger partial charge in [0.05, 0.1) is 5.41 Å². The van der Waals surface area contributed by atoms with E-state index in [-0.39, 0.29) is 23.7 Å². The molecule has 132 valence electrons. The van der Waals surface area contributed by atoms with E-state index < -0.39 is 0 Å². The summed E-state index contributed by atoms with van der Waals surface area (Å²) in [4.78, 5) is 13.1. The molecule has 3 nitrogen and oxygen atoms in total. The van der Waals surface area contributed by atoms with E-state index in [0.717, 1.165) is 45.2 Å². The summed E-state index contributed by atoms with van der Waals surface area (Å²) >= 11 is 0. The van der Waals surface area contributed by atoms with Crippen LogP contribution in [-0.2, 0) is 10.2 Å². The van der Waals surface area contributed by atoms with Crippen LogP contribution in [0, 0.1) is 6.92 Å². The molecule has 1 aromatic rings. The standard InChI is InChI=1S/C20H28N2O.ClH/c1-16-6-5-7-18(14-16)20(10-3-2-4-11-20)19(23)22-15-17-8-12-21-13-9-17;/h5-8,14,21H,2-4,9-13,15H2,1H3,(H,22,23);1H. The molecule has 1 heterocycles. The second kappa shape index (κ2) is 8.68. The number of amides is 1.